The number of ketones is 1. The fraction of sp³-hybridized carbons (Fsp3) is 0.320. The number of carbonyl (C=O) groups is 1. The standard InChI is InChI=1S/C25H30N2O/c1-18-6-11-21(16-19-7-12-22(13-8-19)26(2)3)25(28)24(18)17-20-9-14-23(15-10-20)27(4)5/h7-10,12-18H,6,11H2,1-5H3/b21-16-,24-17-. The van der Waals surface area contributed by atoms with Crippen molar-refractivity contribution < 1.29 is 4.79 Å². The van der Waals surface area contributed by atoms with Gasteiger partial charge in [0.15, 0.2) is 5.78 Å². The summed E-state index contributed by atoms with van der Waals surface area (Å²) in [5.41, 5.74) is 6.31. The highest BCUT2D eigenvalue weighted by Crippen LogP contribution is 2.33. The average molecular weight is 375 g/mol. The predicted molar refractivity (Wildman–Crippen MR) is 121 cm³/mol. The maximum absolute atomic E-state index is 13.1. The van der Waals surface area contributed by atoms with Gasteiger partial charge in [0, 0.05) is 50.7 Å². The Morgan fingerprint density at radius 2 is 1.25 bits per heavy atom. The van der Waals surface area contributed by atoms with Crippen LogP contribution in [-0.2, 0) is 4.79 Å². The molecule has 3 nitrogen and oxygen atoms in total. The molecule has 2 aromatic carbocycles. The molecule has 0 N–H and O–H groups in total. The number of hydrogen-bond acceptors (Lipinski definition) is 3. The first kappa shape index (κ1) is 19.9. The molecule has 1 aliphatic rings. The van der Waals surface area contributed by atoms with Crippen LogP contribution in [0.15, 0.2) is 59.7 Å². The lowest BCUT2D eigenvalue weighted by molar-refractivity contribution is -0.113. The Morgan fingerprint density at radius 3 is 1.71 bits per heavy atom. The predicted octanol–water partition coefficient (Wildman–Crippen LogP) is 5.28. The van der Waals surface area contributed by atoms with Crippen molar-refractivity contribution in [3.05, 3.63) is 70.8 Å². The van der Waals surface area contributed by atoms with E-state index in [0.29, 0.717) is 0 Å². The quantitative estimate of drug-likeness (QED) is 0.680. The van der Waals surface area contributed by atoms with Crippen LogP contribution in [0, 0.1) is 5.92 Å². The third-order valence-corrected chi connectivity index (χ3v) is 5.41. The van der Waals surface area contributed by atoms with Gasteiger partial charge in [0.2, 0.25) is 0 Å². The molecule has 3 heteroatoms. The average Bonchev–Trinajstić information content (AvgIpc) is 2.68. The lowest BCUT2D eigenvalue weighted by Crippen LogP contribution is -2.19. The van der Waals surface area contributed by atoms with E-state index in [1.807, 2.05) is 28.2 Å². The smallest absolute Gasteiger partial charge is 0.185 e. The van der Waals surface area contributed by atoms with Gasteiger partial charge in [-0.2, -0.15) is 0 Å². The maximum Gasteiger partial charge on any atom is 0.185 e. The Morgan fingerprint density at radius 1 is 0.786 bits per heavy atom. The van der Waals surface area contributed by atoms with Crippen LogP contribution in [0.1, 0.15) is 30.9 Å². The number of carbonyl (C=O) groups excluding carboxylic acids is 1. The van der Waals surface area contributed by atoms with Gasteiger partial charge in [0.25, 0.3) is 0 Å². The largest absolute Gasteiger partial charge is 0.378 e. The van der Waals surface area contributed by atoms with Crippen molar-refractivity contribution in [3.8, 4) is 0 Å². The van der Waals surface area contributed by atoms with E-state index in [2.05, 4.69) is 77.4 Å². The first-order chi connectivity index (χ1) is 13.3. The number of benzene rings is 2. The normalized spacial score (nSPS) is 19.9. The molecule has 1 aliphatic carbocycles. The molecule has 0 aliphatic heterocycles. The van der Waals surface area contributed by atoms with Crippen LogP contribution in [0.4, 0.5) is 11.4 Å². The van der Waals surface area contributed by atoms with Gasteiger partial charge in [0.05, 0.1) is 0 Å². The van der Waals surface area contributed by atoms with E-state index < -0.39 is 0 Å². The van der Waals surface area contributed by atoms with Crippen LogP contribution in [0.2, 0.25) is 0 Å². The van der Waals surface area contributed by atoms with E-state index in [9.17, 15) is 4.79 Å². The Bertz CT molecular complexity index is 887. The number of allylic oxidation sites excluding steroid dienone is 2. The van der Waals surface area contributed by atoms with Gasteiger partial charge in [-0.3, -0.25) is 4.79 Å². The van der Waals surface area contributed by atoms with E-state index in [-0.39, 0.29) is 11.7 Å². The first-order valence-electron chi connectivity index (χ1n) is 9.87. The monoisotopic (exact) mass is 374 g/mol. The number of Topliss-reactive ketones (excluding diaryl/α,β-unsaturated/α-hetero) is 1. The topological polar surface area (TPSA) is 23.6 Å². The second kappa shape index (κ2) is 8.47. The Kier molecular flexibility index (Phi) is 6.03. The zero-order valence-corrected chi connectivity index (χ0v) is 17.6. The molecule has 146 valence electrons. The molecular formula is C25H30N2O. The van der Waals surface area contributed by atoms with Crippen LogP contribution >= 0.6 is 0 Å². The molecule has 0 spiro atoms. The zero-order valence-electron chi connectivity index (χ0n) is 17.6. The number of anilines is 2. The molecule has 1 atom stereocenters. The van der Waals surface area contributed by atoms with Crippen LogP contribution in [0.25, 0.3) is 12.2 Å². The Balaban J connectivity index is 1.85. The highest BCUT2D eigenvalue weighted by atomic mass is 16.1. The molecule has 0 amide bonds. The second-order valence-electron chi connectivity index (χ2n) is 8.01. The molecule has 0 saturated heterocycles. The van der Waals surface area contributed by atoms with Crippen molar-refractivity contribution in [3.63, 3.8) is 0 Å². The molecule has 0 radical (unpaired) electrons. The molecule has 1 unspecified atom stereocenters. The van der Waals surface area contributed by atoms with Crippen LogP contribution in [0.3, 0.4) is 0 Å². The van der Waals surface area contributed by atoms with Crippen molar-refractivity contribution in [1.82, 2.24) is 0 Å². The fourth-order valence-electron chi connectivity index (χ4n) is 3.51. The van der Waals surface area contributed by atoms with Crippen LogP contribution in [0.5, 0.6) is 0 Å². The maximum atomic E-state index is 13.1. The fourth-order valence-corrected chi connectivity index (χ4v) is 3.51. The van der Waals surface area contributed by atoms with Gasteiger partial charge in [-0.1, -0.05) is 31.2 Å². The van der Waals surface area contributed by atoms with Crippen LogP contribution < -0.4 is 9.80 Å². The molecule has 3 rings (SSSR count). The van der Waals surface area contributed by atoms with E-state index in [1.165, 1.54) is 0 Å². The van der Waals surface area contributed by atoms with E-state index >= 15 is 0 Å². The molecule has 1 saturated carbocycles. The summed E-state index contributed by atoms with van der Waals surface area (Å²) in [5.74, 6) is 0.474. The minimum atomic E-state index is 0.187. The molecular weight excluding hydrogens is 344 g/mol. The summed E-state index contributed by atoms with van der Waals surface area (Å²) in [5, 5.41) is 0. The molecule has 2 aromatic rings. The molecule has 28 heavy (non-hydrogen) atoms. The number of nitrogens with zero attached hydrogens (tertiary/aromatic N) is 2. The third kappa shape index (κ3) is 4.53. The summed E-state index contributed by atoms with van der Waals surface area (Å²) in [4.78, 5) is 17.3. The lowest BCUT2D eigenvalue weighted by atomic mass is 9.80. The van der Waals surface area contributed by atoms with Crippen molar-refractivity contribution in [2.75, 3.05) is 38.0 Å². The molecule has 0 bridgehead atoms. The molecule has 0 heterocycles. The van der Waals surface area contributed by atoms with Crippen LogP contribution in [-0.4, -0.2) is 34.0 Å². The Hall–Kier alpha value is -2.81. The highest BCUT2D eigenvalue weighted by molar-refractivity contribution is 6.14. The highest BCUT2D eigenvalue weighted by Gasteiger charge is 2.26. The van der Waals surface area contributed by atoms with Gasteiger partial charge < -0.3 is 9.80 Å². The summed E-state index contributed by atoms with van der Waals surface area (Å²) in [6.45, 7) is 2.15. The molecule has 0 aromatic heterocycles. The SMILES string of the molecule is CC1CC/C(=C/c2ccc(N(C)C)cc2)C(=O)/C1=C\c1ccc(N(C)C)cc1. The zero-order chi connectivity index (χ0) is 20.3. The van der Waals surface area contributed by atoms with E-state index in [0.717, 1.165) is 46.5 Å². The minimum absolute atomic E-state index is 0.187. The van der Waals surface area contributed by atoms with Gasteiger partial charge in [-0.15, -0.1) is 0 Å². The van der Waals surface area contributed by atoms with Gasteiger partial charge >= 0.3 is 0 Å². The summed E-state index contributed by atoms with van der Waals surface area (Å²) in [7, 11) is 8.12. The summed E-state index contributed by atoms with van der Waals surface area (Å²) < 4.78 is 0. The molecule has 1 fully saturated rings. The Labute approximate surface area is 169 Å². The minimum Gasteiger partial charge on any atom is -0.378 e. The summed E-state index contributed by atoms with van der Waals surface area (Å²) in [6.07, 6.45) is 5.96. The summed E-state index contributed by atoms with van der Waals surface area (Å²) in [6, 6.07) is 16.7. The van der Waals surface area contributed by atoms with Crippen molar-refractivity contribution in [2.24, 2.45) is 5.92 Å². The number of rotatable bonds is 4. The van der Waals surface area contributed by atoms with E-state index in [4.69, 9.17) is 0 Å². The first-order valence-corrected chi connectivity index (χ1v) is 9.87. The van der Waals surface area contributed by atoms with Crippen molar-refractivity contribution in [1.29, 1.82) is 0 Å². The second-order valence-corrected chi connectivity index (χ2v) is 8.01. The van der Waals surface area contributed by atoms with Crippen molar-refractivity contribution in [2.45, 2.75) is 19.8 Å². The van der Waals surface area contributed by atoms with Gasteiger partial charge in [-0.25, -0.2) is 0 Å². The lowest BCUT2D eigenvalue weighted by Gasteiger charge is -2.23. The summed E-state index contributed by atoms with van der Waals surface area (Å²) >= 11 is 0. The van der Waals surface area contributed by atoms with Gasteiger partial charge in [0.1, 0.15) is 0 Å². The number of hydrogen-bond donors (Lipinski definition) is 0. The van der Waals surface area contributed by atoms with E-state index in [1.54, 1.807) is 0 Å². The van der Waals surface area contributed by atoms with Crippen molar-refractivity contribution >= 4 is 29.3 Å². The third-order valence-electron chi connectivity index (χ3n) is 5.41. The van der Waals surface area contributed by atoms with Gasteiger partial charge in [-0.05, 0) is 66.3 Å².